The average molecular weight is 230 g/mol. The molecule has 1 heterocycles. The van der Waals surface area contributed by atoms with E-state index in [9.17, 15) is 8.78 Å². The van der Waals surface area contributed by atoms with Gasteiger partial charge in [-0.3, -0.25) is 0 Å². The van der Waals surface area contributed by atoms with Crippen LogP contribution in [0.25, 0.3) is 0 Å². The van der Waals surface area contributed by atoms with E-state index in [-0.39, 0.29) is 19.0 Å². The van der Waals surface area contributed by atoms with E-state index in [2.05, 4.69) is 0 Å². The van der Waals surface area contributed by atoms with Gasteiger partial charge < -0.3 is 14.6 Å². The summed E-state index contributed by atoms with van der Waals surface area (Å²) >= 11 is 0. The minimum Gasteiger partial charge on any atom is -0.490 e. The number of halogens is 2. The second kappa shape index (κ2) is 4.35. The molecule has 0 radical (unpaired) electrons. The van der Waals surface area contributed by atoms with E-state index >= 15 is 0 Å². The fourth-order valence-corrected chi connectivity index (χ4v) is 1.43. The van der Waals surface area contributed by atoms with Crippen LogP contribution in [-0.2, 0) is 4.74 Å². The van der Waals surface area contributed by atoms with Crippen molar-refractivity contribution in [1.29, 1.82) is 0 Å². The summed E-state index contributed by atoms with van der Waals surface area (Å²) in [7, 11) is 0. The van der Waals surface area contributed by atoms with Crippen LogP contribution in [0, 0.1) is 17.0 Å². The maximum absolute atomic E-state index is 13.2. The van der Waals surface area contributed by atoms with Crippen LogP contribution < -0.4 is 4.74 Å². The lowest BCUT2D eigenvalue weighted by Crippen LogP contribution is -2.50. The van der Waals surface area contributed by atoms with E-state index in [1.54, 1.807) is 0 Å². The number of ether oxygens (including phenoxy) is 2. The second-order valence-corrected chi connectivity index (χ2v) is 4.01. The van der Waals surface area contributed by atoms with Crippen molar-refractivity contribution in [3.63, 3.8) is 0 Å². The second-order valence-electron chi connectivity index (χ2n) is 4.01. The summed E-state index contributed by atoms with van der Waals surface area (Å²) in [4.78, 5) is 0. The van der Waals surface area contributed by atoms with Crippen LogP contribution in [0.15, 0.2) is 18.2 Å². The van der Waals surface area contributed by atoms with Gasteiger partial charge in [0.15, 0.2) is 11.6 Å². The summed E-state index contributed by atoms with van der Waals surface area (Å²) in [5, 5.41) is 9.11. The molecule has 0 saturated carbocycles. The zero-order valence-electron chi connectivity index (χ0n) is 8.58. The van der Waals surface area contributed by atoms with E-state index in [4.69, 9.17) is 14.6 Å². The Balaban J connectivity index is 2.01. The molecule has 0 amide bonds. The monoisotopic (exact) mass is 230 g/mol. The average Bonchev–Trinajstić information content (AvgIpc) is 2.22. The van der Waals surface area contributed by atoms with Crippen LogP contribution in [0.2, 0.25) is 0 Å². The van der Waals surface area contributed by atoms with E-state index in [0.717, 1.165) is 18.2 Å². The van der Waals surface area contributed by atoms with Gasteiger partial charge in [0.25, 0.3) is 0 Å². The van der Waals surface area contributed by atoms with Gasteiger partial charge in [-0.2, -0.15) is 0 Å². The van der Waals surface area contributed by atoms with Crippen LogP contribution >= 0.6 is 0 Å². The maximum atomic E-state index is 13.2. The topological polar surface area (TPSA) is 38.7 Å². The third kappa shape index (κ3) is 2.15. The lowest BCUT2D eigenvalue weighted by molar-refractivity contribution is -0.153. The first-order valence-electron chi connectivity index (χ1n) is 4.92. The molecule has 5 heteroatoms. The third-order valence-corrected chi connectivity index (χ3v) is 2.58. The highest BCUT2D eigenvalue weighted by Gasteiger charge is 2.39. The first-order valence-corrected chi connectivity index (χ1v) is 4.92. The Morgan fingerprint density at radius 2 is 2.12 bits per heavy atom. The van der Waals surface area contributed by atoms with Crippen molar-refractivity contribution < 1.29 is 23.4 Å². The molecule has 0 unspecified atom stereocenters. The van der Waals surface area contributed by atoms with Crippen LogP contribution in [0.4, 0.5) is 8.78 Å². The molecule has 0 bridgehead atoms. The summed E-state index contributed by atoms with van der Waals surface area (Å²) in [6.45, 7) is 0.772. The van der Waals surface area contributed by atoms with E-state index in [1.807, 2.05) is 0 Å². The van der Waals surface area contributed by atoms with E-state index in [0.29, 0.717) is 13.2 Å². The van der Waals surface area contributed by atoms with Crippen LogP contribution in [0.3, 0.4) is 0 Å². The molecule has 1 aliphatic rings. The number of aliphatic hydroxyl groups excluding tert-OH is 1. The highest BCUT2D eigenvalue weighted by atomic mass is 19.1. The molecule has 3 nitrogen and oxygen atoms in total. The molecular formula is C11H12F2O3. The largest absolute Gasteiger partial charge is 0.490 e. The Morgan fingerprint density at radius 1 is 1.38 bits per heavy atom. The Hall–Kier alpha value is -1.20. The van der Waals surface area contributed by atoms with Gasteiger partial charge in [-0.05, 0) is 12.1 Å². The summed E-state index contributed by atoms with van der Waals surface area (Å²) < 4.78 is 36.1. The molecule has 0 atom stereocenters. The van der Waals surface area contributed by atoms with Gasteiger partial charge in [0, 0.05) is 6.07 Å². The number of aliphatic hydroxyl groups is 1. The fourth-order valence-electron chi connectivity index (χ4n) is 1.43. The van der Waals surface area contributed by atoms with Crippen LogP contribution in [0.1, 0.15) is 0 Å². The van der Waals surface area contributed by atoms with Crippen molar-refractivity contribution in [3.05, 3.63) is 29.8 Å². The van der Waals surface area contributed by atoms with Gasteiger partial charge in [-0.25, -0.2) is 8.78 Å². The number of rotatable bonds is 4. The van der Waals surface area contributed by atoms with Crippen molar-refractivity contribution >= 4 is 0 Å². The van der Waals surface area contributed by atoms with Gasteiger partial charge in [0.1, 0.15) is 12.4 Å². The minimum absolute atomic E-state index is 0.0933. The highest BCUT2D eigenvalue weighted by Crippen LogP contribution is 2.28. The third-order valence-electron chi connectivity index (χ3n) is 2.58. The SMILES string of the molecule is OCC1(COc2cc(F)ccc2F)COC1. The van der Waals surface area contributed by atoms with Crippen molar-refractivity contribution in [1.82, 2.24) is 0 Å². The minimum atomic E-state index is -0.616. The molecule has 88 valence electrons. The Kier molecular flexibility index (Phi) is 3.07. The number of benzene rings is 1. The quantitative estimate of drug-likeness (QED) is 0.848. The molecule has 1 aromatic carbocycles. The van der Waals surface area contributed by atoms with Crippen molar-refractivity contribution in [2.24, 2.45) is 5.41 Å². The van der Waals surface area contributed by atoms with Crippen molar-refractivity contribution in [2.45, 2.75) is 0 Å². The Bertz CT molecular complexity index is 372. The summed E-state index contributed by atoms with van der Waals surface area (Å²) in [6, 6.07) is 3.02. The standard InChI is InChI=1S/C11H12F2O3/c12-8-1-2-9(13)10(3-8)16-7-11(4-14)5-15-6-11/h1-3,14H,4-7H2. The van der Waals surface area contributed by atoms with Crippen LogP contribution in [0.5, 0.6) is 5.75 Å². The molecule has 1 N–H and O–H groups in total. The first-order chi connectivity index (χ1) is 7.65. The predicted octanol–water partition coefficient (Wildman–Crippen LogP) is 1.35. The summed E-state index contributed by atoms with van der Waals surface area (Å²) in [5.74, 6) is -1.31. The Labute approximate surface area is 91.6 Å². The predicted molar refractivity (Wildman–Crippen MR) is 52.2 cm³/mol. The molecule has 1 aromatic rings. The van der Waals surface area contributed by atoms with E-state index < -0.39 is 17.0 Å². The Morgan fingerprint density at radius 3 is 2.69 bits per heavy atom. The van der Waals surface area contributed by atoms with E-state index in [1.165, 1.54) is 0 Å². The molecular weight excluding hydrogens is 218 g/mol. The van der Waals surface area contributed by atoms with Gasteiger partial charge in [0.05, 0.1) is 25.2 Å². The summed E-state index contributed by atoms with van der Waals surface area (Å²) in [5.41, 5.74) is -0.473. The maximum Gasteiger partial charge on any atom is 0.165 e. The molecule has 1 fully saturated rings. The number of hydrogen-bond donors (Lipinski definition) is 1. The first kappa shape index (κ1) is 11.3. The van der Waals surface area contributed by atoms with Crippen molar-refractivity contribution in [3.8, 4) is 5.75 Å². The highest BCUT2D eigenvalue weighted by molar-refractivity contribution is 5.25. The molecule has 16 heavy (non-hydrogen) atoms. The molecule has 1 saturated heterocycles. The van der Waals surface area contributed by atoms with Gasteiger partial charge >= 0.3 is 0 Å². The van der Waals surface area contributed by atoms with Crippen molar-refractivity contribution in [2.75, 3.05) is 26.4 Å². The normalized spacial score (nSPS) is 17.9. The van der Waals surface area contributed by atoms with Crippen LogP contribution in [-0.4, -0.2) is 31.5 Å². The molecule has 2 rings (SSSR count). The molecule has 0 spiro atoms. The lowest BCUT2D eigenvalue weighted by Gasteiger charge is -2.39. The zero-order chi connectivity index (χ0) is 11.6. The summed E-state index contributed by atoms with van der Waals surface area (Å²) in [6.07, 6.45) is 0. The zero-order valence-corrected chi connectivity index (χ0v) is 8.58. The smallest absolute Gasteiger partial charge is 0.165 e. The molecule has 0 aliphatic carbocycles. The lowest BCUT2D eigenvalue weighted by atomic mass is 9.88. The van der Waals surface area contributed by atoms with Gasteiger partial charge in [-0.1, -0.05) is 0 Å². The van der Waals surface area contributed by atoms with Gasteiger partial charge in [0.2, 0.25) is 0 Å². The number of hydrogen-bond acceptors (Lipinski definition) is 3. The molecule has 0 aromatic heterocycles. The van der Waals surface area contributed by atoms with Gasteiger partial charge in [-0.15, -0.1) is 0 Å². The fraction of sp³-hybridized carbons (Fsp3) is 0.455. The molecule has 1 aliphatic heterocycles.